The molecule has 0 aromatic heterocycles. The van der Waals surface area contributed by atoms with Crippen LogP contribution in [-0.2, 0) is 23.9 Å². The van der Waals surface area contributed by atoms with Gasteiger partial charge in [0.1, 0.15) is 18.7 Å². The molecule has 3 N–H and O–H groups in total. The van der Waals surface area contributed by atoms with Gasteiger partial charge in [-0.3, -0.25) is 14.4 Å². The zero-order chi connectivity index (χ0) is 30.6. The highest BCUT2D eigenvalue weighted by molar-refractivity contribution is 5.97. The van der Waals surface area contributed by atoms with Crippen LogP contribution in [0, 0.1) is 22.7 Å². The average molecular weight is 565 g/mol. The maximum absolute atomic E-state index is 14.0. The van der Waals surface area contributed by atoms with Gasteiger partial charge in [0.05, 0.1) is 19.2 Å². The minimum atomic E-state index is -0.930. The molecule has 11 nitrogen and oxygen atoms in total. The van der Waals surface area contributed by atoms with E-state index in [9.17, 15) is 24.0 Å². The van der Waals surface area contributed by atoms with Crippen LogP contribution in [0.15, 0.2) is 12.2 Å². The molecule has 0 spiro atoms. The fourth-order valence-electron chi connectivity index (χ4n) is 5.60. The lowest BCUT2D eigenvalue weighted by Gasteiger charge is -2.38. The normalized spacial score (nSPS) is 23.1. The zero-order valence-corrected chi connectivity index (χ0v) is 25.5. The molecule has 226 valence electrons. The van der Waals surface area contributed by atoms with E-state index in [1.54, 1.807) is 4.90 Å². The smallest absolute Gasteiger partial charge is 0.438 e. The summed E-state index contributed by atoms with van der Waals surface area (Å²) in [5.41, 5.74) is -0.437. The minimum absolute atomic E-state index is 0.0290. The maximum Gasteiger partial charge on any atom is 0.508 e. The SMILES string of the molecule is C=C(C(C)=O)C(CCC)NC(=O)C1[C@@H]2[C@H](CN1C(=O)C(NC(=O)N[C@@H](CC)COC(=O)OC)C(C)(C)C)C2(C)C. The summed E-state index contributed by atoms with van der Waals surface area (Å²) in [6, 6.07) is -3.23. The summed E-state index contributed by atoms with van der Waals surface area (Å²) in [4.78, 5) is 65.6. The monoisotopic (exact) mass is 564 g/mol. The number of carbonyl (C=O) groups excluding carboxylic acids is 5. The highest BCUT2D eigenvalue weighted by atomic mass is 16.7. The maximum atomic E-state index is 14.0. The molecular weight excluding hydrogens is 516 g/mol. The molecule has 1 aliphatic heterocycles. The van der Waals surface area contributed by atoms with E-state index in [4.69, 9.17) is 4.74 Å². The van der Waals surface area contributed by atoms with Crippen LogP contribution in [0.25, 0.3) is 0 Å². The van der Waals surface area contributed by atoms with E-state index in [1.165, 1.54) is 14.0 Å². The van der Waals surface area contributed by atoms with Gasteiger partial charge in [0, 0.05) is 12.1 Å². The summed E-state index contributed by atoms with van der Waals surface area (Å²) in [5, 5.41) is 8.54. The predicted molar refractivity (Wildman–Crippen MR) is 150 cm³/mol. The van der Waals surface area contributed by atoms with Gasteiger partial charge in [-0.1, -0.05) is 61.5 Å². The predicted octanol–water partition coefficient (Wildman–Crippen LogP) is 3.18. The molecule has 2 rings (SSSR count). The van der Waals surface area contributed by atoms with Crippen LogP contribution in [-0.4, -0.2) is 79.1 Å². The average Bonchev–Trinajstić information content (AvgIpc) is 3.19. The Morgan fingerprint density at radius 3 is 2.20 bits per heavy atom. The third-order valence-corrected chi connectivity index (χ3v) is 8.31. The van der Waals surface area contributed by atoms with Gasteiger partial charge in [-0.25, -0.2) is 9.59 Å². The molecule has 6 atom stereocenters. The Hall–Kier alpha value is -3.11. The number of urea groups is 1. The molecule has 40 heavy (non-hydrogen) atoms. The fourth-order valence-corrected chi connectivity index (χ4v) is 5.60. The molecule has 2 aliphatic rings. The van der Waals surface area contributed by atoms with E-state index >= 15 is 0 Å². The second-order valence-electron chi connectivity index (χ2n) is 12.6. The Balaban J connectivity index is 2.24. The molecule has 1 aliphatic carbocycles. The van der Waals surface area contributed by atoms with Crippen LogP contribution in [0.3, 0.4) is 0 Å². The van der Waals surface area contributed by atoms with E-state index in [0.717, 1.165) is 6.42 Å². The summed E-state index contributed by atoms with van der Waals surface area (Å²) >= 11 is 0. The van der Waals surface area contributed by atoms with Crippen molar-refractivity contribution < 1.29 is 33.4 Å². The largest absolute Gasteiger partial charge is 0.508 e. The number of nitrogens with zero attached hydrogens (tertiary/aromatic N) is 1. The molecule has 1 saturated carbocycles. The highest BCUT2D eigenvalue weighted by Crippen LogP contribution is 2.65. The van der Waals surface area contributed by atoms with Crippen molar-refractivity contribution in [3.63, 3.8) is 0 Å². The minimum Gasteiger partial charge on any atom is -0.438 e. The number of piperidine rings is 1. The van der Waals surface area contributed by atoms with Gasteiger partial charge in [0.25, 0.3) is 0 Å². The molecule has 0 radical (unpaired) electrons. The molecule has 1 saturated heterocycles. The zero-order valence-electron chi connectivity index (χ0n) is 25.5. The van der Waals surface area contributed by atoms with Crippen molar-refractivity contribution in [2.75, 3.05) is 20.3 Å². The number of fused-ring (bicyclic) bond motifs is 1. The number of carbonyl (C=O) groups is 5. The number of hydrogen-bond acceptors (Lipinski definition) is 7. The number of Topliss-reactive ketones (excluding diaryl/α,β-unsaturated/α-hetero) is 1. The van der Waals surface area contributed by atoms with Gasteiger partial charge in [-0.2, -0.15) is 0 Å². The van der Waals surface area contributed by atoms with Gasteiger partial charge >= 0.3 is 12.2 Å². The number of likely N-dealkylation sites (tertiary alicyclic amines) is 1. The summed E-state index contributed by atoms with van der Waals surface area (Å²) in [5.74, 6) is -0.716. The van der Waals surface area contributed by atoms with Crippen molar-refractivity contribution in [1.82, 2.24) is 20.9 Å². The van der Waals surface area contributed by atoms with Crippen LogP contribution in [0.1, 0.15) is 74.7 Å². The van der Waals surface area contributed by atoms with E-state index < -0.39 is 41.8 Å². The Labute approximate surface area is 238 Å². The van der Waals surface area contributed by atoms with Gasteiger partial charge < -0.3 is 30.3 Å². The van der Waals surface area contributed by atoms with Crippen LogP contribution < -0.4 is 16.0 Å². The Bertz CT molecular complexity index is 1000. The number of ether oxygens (including phenoxy) is 2. The second-order valence-corrected chi connectivity index (χ2v) is 12.6. The molecule has 0 aromatic carbocycles. The summed E-state index contributed by atoms with van der Waals surface area (Å²) in [6.45, 7) is 19.1. The number of methoxy groups -OCH3 is 1. The quantitative estimate of drug-likeness (QED) is 0.244. The molecule has 4 amide bonds. The van der Waals surface area contributed by atoms with Crippen molar-refractivity contribution in [2.24, 2.45) is 22.7 Å². The number of nitrogens with one attached hydrogen (secondary N) is 3. The molecule has 1 heterocycles. The van der Waals surface area contributed by atoms with Crippen molar-refractivity contribution in [3.05, 3.63) is 12.2 Å². The third-order valence-electron chi connectivity index (χ3n) is 8.31. The number of rotatable bonds is 12. The fraction of sp³-hybridized carbons (Fsp3) is 0.759. The number of amides is 4. The van der Waals surface area contributed by atoms with E-state index in [1.807, 2.05) is 34.6 Å². The van der Waals surface area contributed by atoms with Crippen molar-refractivity contribution >= 4 is 29.8 Å². The summed E-state index contributed by atoms with van der Waals surface area (Å²) in [6.07, 6.45) is 0.940. The van der Waals surface area contributed by atoms with Crippen LogP contribution in [0.4, 0.5) is 9.59 Å². The Kier molecular flexibility index (Phi) is 10.8. The van der Waals surface area contributed by atoms with E-state index in [0.29, 0.717) is 25.0 Å². The standard InChI is InChI=1S/C29H48N4O7/c1-11-13-20(16(3)17(4)34)31-24(35)22-21-19(29(21,8)9)14-33(22)25(36)23(28(5,6)7)32-26(37)30-18(12-2)15-40-27(38)39-10/h18-23H,3,11-15H2,1-2,4-10H3,(H,31,35)(H2,30,32,37)/t18-,19-,20?,21-,22?,23?/m0/s1. The summed E-state index contributed by atoms with van der Waals surface area (Å²) in [7, 11) is 1.20. The lowest BCUT2D eigenvalue weighted by atomic mass is 9.85. The molecule has 2 fully saturated rings. The Morgan fingerprint density at radius 1 is 1.07 bits per heavy atom. The Morgan fingerprint density at radius 2 is 1.70 bits per heavy atom. The van der Waals surface area contributed by atoms with Gasteiger partial charge in [-0.15, -0.1) is 0 Å². The highest BCUT2D eigenvalue weighted by Gasteiger charge is 2.69. The lowest BCUT2D eigenvalue weighted by molar-refractivity contribution is -0.144. The van der Waals surface area contributed by atoms with Crippen molar-refractivity contribution in [1.29, 1.82) is 0 Å². The molecule has 0 aromatic rings. The van der Waals surface area contributed by atoms with Gasteiger partial charge in [-0.05, 0) is 42.4 Å². The third kappa shape index (κ3) is 7.54. The van der Waals surface area contributed by atoms with Crippen LogP contribution >= 0.6 is 0 Å². The van der Waals surface area contributed by atoms with E-state index in [2.05, 4.69) is 41.1 Å². The first-order valence-corrected chi connectivity index (χ1v) is 14.1. The molecule has 0 bridgehead atoms. The molecule has 11 heteroatoms. The first-order chi connectivity index (χ1) is 18.5. The van der Waals surface area contributed by atoms with Crippen LogP contribution in [0.2, 0.25) is 0 Å². The van der Waals surface area contributed by atoms with Crippen LogP contribution in [0.5, 0.6) is 0 Å². The molecule has 3 unspecified atom stereocenters. The molecular formula is C29H48N4O7. The van der Waals surface area contributed by atoms with E-state index in [-0.39, 0.29) is 41.5 Å². The first kappa shape index (κ1) is 33.1. The van der Waals surface area contributed by atoms with Gasteiger partial charge in [0.2, 0.25) is 11.8 Å². The van der Waals surface area contributed by atoms with Crippen molar-refractivity contribution in [3.8, 4) is 0 Å². The number of hydrogen-bond donors (Lipinski definition) is 3. The number of ketones is 1. The topological polar surface area (TPSA) is 143 Å². The first-order valence-electron chi connectivity index (χ1n) is 14.1. The lowest BCUT2D eigenvalue weighted by Crippen LogP contribution is -2.61. The summed E-state index contributed by atoms with van der Waals surface area (Å²) < 4.78 is 9.42. The van der Waals surface area contributed by atoms with Crippen molar-refractivity contribution in [2.45, 2.75) is 98.8 Å². The second kappa shape index (κ2) is 13.0. The van der Waals surface area contributed by atoms with Gasteiger partial charge in [0.15, 0.2) is 5.78 Å².